The van der Waals surface area contributed by atoms with Crippen LogP contribution in [0.25, 0.3) is 0 Å². The molecule has 10 nitrogen and oxygen atoms in total. The zero-order valence-corrected chi connectivity index (χ0v) is 17.3. The lowest BCUT2D eigenvalue weighted by Gasteiger charge is -2.11. The average molecular weight is 418 g/mol. The van der Waals surface area contributed by atoms with Gasteiger partial charge in [0.05, 0.1) is 33.5 Å². The lowest BCUT2D eigenvalue weighted by atomic mass is 10.2. The number of methoxy groups -OCH3 is 1. The molecule has 0 radical (unpaired) electrons. The molecule has 164 valence electrons. The molecule has 0 bridgehead atoms. The van der Waals surface area contributed by atoms with Gasteiger partial charge in [-0.25, -0.2) is 0 Å². The highest BCUT2D eigenvalue weighted by molar-refractivity contribution is 5.37. The van der Waals surface area contributed by atoms with E-state index in [1.165, 1.54) is 0 Å². The van der Waals surface area contributed by atoms with E-state index in [1.54, 1.807) is 13.2 Å². The molecule has 0 aliphatic heterocycles. The maximum Gasteiger partial charge on any atom is 0.323 e. The molecule has 10 heteroatoms. The summed E-state index contributed by atoms with van der Waals surface area (Å²) in [4.78, 5) is 12.9. The molecule has 0 aliphatic rings. The van der Waals surface area contributed by atoms with Crippen LogP contribution in [0, 0.1) is 0 Å². The van der Waals surface area contributed by atoms with E-state index in [4.69, 9.17) is 24.7 Å². The number of hydrogen-bond acceptors (Lipinski definition) is 10. The van der Waals surface area contributed by atoms with Gasteiger partial charge in [0.2, 0.25) is 11.9 Å². The Kier molecular flexibility index (Phi) is 11.0. The monoisotopic (exact) mass is 418 g/mol. The first-order valence-electron chi connectivity index (χ1n) is 9.71. The number of nitrogens with two attached hydrogens (primary N) is 1. The number of benzene rings is 1. The van der Waals surface area contributed by atoms with Crippen molar-refractivity contribution in [1.29, 1.82) is 0 Å². The Morgan fingerprint density at radius 3 is 2.33 bits per heavy atom. The van der Waals surface area contributed by atoms with Gasteiger partial charge < -0.3 is 35.3 Å². The number of hydrogen-bond donors (Lipinski definition) is 3. The lowest BCUT2D eigenvalue weighted by molar-refractivity contribution is 0.0547. The van der Waals surface area contributed by atoms with Gasteiger partial charge in [-0.15, -0.1) is 0 Å². The summed E-state index contributed by atoms with van der Waals surface area (Å²) >= 11 is 0. The van der Waals surface area contributed by atoms with E-state index in [1.807, 2.05) is 24.3 Å². The summed E-state index contributed by atoms with van der Waals surface area (Å²) < 4.78 is 21.4. The molecule has 0 unspecified atom stereocenters. The maximum absolute atomic E-state index is 5.48. The molecule has 4 N–H and O–H groups in total. The Bertz CT molecular complexity index is 745. The summed E-state index contributed by atoms with van der Waals surface area (Å²) in [5.41, 5.74) is 6.42. The van der Waals surface area contributed by atoms with Crippen molar-refractivity contribution in [2.45, 2.75) is 6.54 Å². The fourth-order valence-corrected chi connectivity index (χ4v) is 2.28. The predicted octanol–water partition coefficient (Wildman–Crippen LogP) is 1.46. The second kappa shape index (κ2) is 14.1. The zero-order chi connectivity index (χ0) is 21.4. The van der Waals surface area contributed by atoms with Crippen LogP contribution in [0.3, 0.4) is 0 Å². The van der Waals surface area contributed by atoms with Crippen LogP contribution in [0.5, 0.6) is 11.8 Å². The second-order valence-electron chi connectivity index (χ2n) is 6.01. The van der Waals surface area contributed by atoms with Crippen LogP contribution in [-0.2, 0) is 16.0 Å². The highest BCUT2D eigenvalue weighted by Crippen LogP contribution is 2.14. The first kappa shape index (κ1) is 23.3. The maximum atomic E-state index is 5.48. The second-order valence-corrected chi connectivity index (χ2v) is 6.01. The van der Waals surface area contributed by atoms with Crippen molar-refractivity contribution in [3.63, 3.8) is 0 Å². The summed E-state index contributed by atoms with van der Waals surface area (Å²) in [6, 6.07) is 7.95. The molecular formula is C20H30N6O4. The molecule has 2 aromatic rings. The largest absolute Gasteiger partial charge is 0.497 e. The molecule has 0 spiro atoms. The van der Waals surface area contributed by atoms with E-state index in [0.29, 0.717) is 64.6 Å². The molecular weight excluding hydrogens is 388 g/mol. The van der Waals surface area contributed by atoms with Crippen molar-refractivity contribution in [2.75, 3.05) is 63.9 Å². The van der Waals surface area contributed by atoms with Gasteiger partial charge in [0.15, 0.2) is 0 Å². The number of aromatic nitrogens is 3. The quantitative estimate of drug-likeness (QED) is 0.272. The number of nitrogens with zero attached hydrogens (tertiary/aromatic N) is 3. The summed E-state index contributed by atoms with van der Waals surface area (Å²) in [6.07, 6.45) is 1.63. The van der Waals surface area contributed by atoms with Crippen LogP contribution < -0.4 is 25.8 Å². The van der Waals surface area contributed by atoms with Gasteiger partial charge in [0.25, 0.3) is 0 Å². The van der Waals surface area contributed by atoms with Crippen molar-refractivity contribution in [3.05, 3.63) is 42.5 Å². The highest BCUT2D eigenvalue weighted by Gasteiger charge is 2.07. The van der Waals surface area contributed by atoms with Crippen LogP contribution in [0.15, 0.2) is 36.9 Å². The average Bonchev–Trinajstić information content (AvgIpc) is 2.78. The van der Waals surface area contributed by atoms with Crippen molar-refractivity contribution in [1.82, 2.24) is 15.0 Å². The highest BCUT2D eigenvalue weighted by atomic mass is 16.5. The summed E-state index contributed by atoms with van der Waals surface area (Å²) in [5.74, 6) is 1.60. The molecule has 0 atom stereocenters. The first-order valence-corrected chi connectivity index (χ1v) is 9.71. The van der Waals surface area contributed by atoms with Gasteiger partial charge in [-0.2, -0.15) is 15.0 Å². The molecule has 0 saturated heterocycles. The lowest BCUT2D eigenvalue weighted by Crippen LogP contribution is -2.16. The van der Waals surface area contributed by atoms with Gasteiger partial charge >= 0.3 is 6.01 Å². The Hall–Kier alpha value is -2.95. The minimum Gasteiger partial charge on any atom is -0.497 e. The van der Waals surface area contributed by atoms with Crippen molar-refractivity contribution in [2.24, 2.45) is 5.73 Å². The number of anilines is 2. The van der Waals surface area contributed by atoms with Crippen LogP contribution in [-0.4, -0.2) is 68.2 Å². The number of ether oxygens (including phenoxy) is 4. The van der Waals surface area contributed by atoms with E-state index >= 15 is 0 Å². The Balaban J connectivity index is 1.87. The van der Waals surface area contributed by atoms with E-state index in [-0.39, 0.29) is 6.01 Å². The fourth-order valence-electron chi connectivity index (χ4n) is 2.28. The summed E-state index contributed by atoms with van der Waals surface area (Å²) in [6.45, 7) is 7.54. The Morgan fingerprint density at radius 1 is 0.967 bits per heavy atom. The van der Waals surface area contributed by atoms with Crippen LogP contribution in [0.2, 0.25) is 0 Å². The normalized spacial score (nSPS) is 10.5. The van der Waals surface area contributed by atoms with Gasteiger partial charge in [-0.3, -0.25) is 0 Å². The third kappa shape index (κ3) is 9.03. The molecule has 0 fully saturated rings. The van der Waals surface area contributed by atoms with E-state index in [0.717, 1.165) is 11.3 Å². The summed E-state index contributed by atoms with van der Waals surface area (Å²) in [7, 11) is 1.64. The molecule has 0 saturated carbocycles. The third-order valence-corrected chi connectivity index (χ3v) is 3.72. The minimum atomic E-state index is 0.209. The van der Waals surface area contributed by atoms with Gasteiger partial charge in [-0.1, -0.05) is 24.8 Å². The molecule has 2 rings (SSSR count). The van der Waals surface area contributed by atoms with Gasteiger partial charge in [0, 0.05) is 19.6 Å². The number of rotatable bonds is 16. The number of nitrogens with one attached hydrogen (secondary N) is 2. The SMILES string of the molecule is C=CCOc1nc(NCCOCCOCCN)nc(NCc2ccc(OC)cc2)n1. The van der Waals surface area contributed by atoms with Crippen LogP contribution >= 0.6 is 0 Å². The standard InChI is InChI=1S/C20H30N6O4/c1-3-10-30-20-25-18(22-9-12-29-14-13-28-11-8-21)24-19(26-20)23-15-16-4-6-17(27-2)7-5-16/h3-7H,1,8-15,21H2,2H3,(H2,22,23,24,25,26). The van der Waals surface area contributed by atoms with Crippen LogP contribution in [0.4, 0.5) is 11.9 Å². The predicted molar refractivity (Wildman–Crippen MR) is 115 cm³/mol. The topological polar surface area (TPSA) is 126 Å². The van der Waals surface area contributed by atoms with E-state index in [2.05, 4.69) is 32.2 Å². The zero-order valence-electron chi connectivity index (χ0n) is 17.3. The molecule has 1 heterocycles. The van der Waals surface area contributed by atoms with Crippen molar-refractivity contribution < 1.29 is 18.9 Å². The van der Waals surface area contributed by atoms with Crippen LogP contribution in [0.1, 0.15) is 5.56 Å². The van der Waals surface area contributed by atoms with E-state index in [9.17, 15) is 0 Å². The first-order chi connectivity index (χ1) is 14.7. The molecule has 1 aromatic carbocycles. The molecule has 0 amide bonds. The minimum absolute atomic E-state index is 0.209. The van der Waals surface area contributed by atoms with Crippen molar-refractivity contribution >= 4 is 11.9 Å². The van der Waals surface area contributed by atoms with Gasteiger partial charge in [-0.05, 0) is 17.7 Å². The van der Waals surface area contributed by atoms with Gasteiger partial charge in [0.1, 0.15) is 12.4 Å². The third-order valence-electron chi connectivity index (χ3n) is 3.72. The molecule has 1 aromatic heterocycles. The Morgan fingerprint density at radius 2 is 1.67 bits per heavy atom. The fraction of sp³-hybridized carbons (Fsp3) is 0.450. The smallest absolute Gasteiger partial charge is 0.323 e. The molecule has 0 aliphatic carbocycles. The van der Waals surface area contributed by atoms with Crippen molar-refractivity contribution in [3.8, 4) is 11.8 Å². The Labute approximate surface area is 176 Å². The molecule has 30 heavy (non-hydrogen) atoms. The van der Waals surface area contributed by atoms with E-state index < -0.39 is 0 Å². The summed E-state index contributed by atoms with van der Waals surface area (Å²) in [5, 5.41) is 6.29.